The van der Waals surface area contributed by atoms with Gasteiger partial charge in [0.15, 0.2) is 0 Å². The van der Waals surface area contributed by atoms with E-state index in [9.17, 15) is 4.79 Å². The van der Waals surface area contributed by atoms with Crippen LogP contribution in [0, 0.1) is 15.7 Å². The number of piperidine rings is 3. The Morgan fingerprint density at radius 3 is 1.89 bits per heavy atom. The van der Waals surface area contributed by atoms with Crippen LogP contribution in [0.1, 0.15) is 26.2 Å². The van der Waals surface area contributed by atoms with E-state index in [1.807, 2.05) is 0 Å². The summed E-state index contributed by atoms with van der Waals surface area (Å²) in [6, 6.07) is 0. The molecular formula is C10H18ClNO6. The second-order valence-corrected chi connectivity index (χ2v) is 5.66. The summed E-state index contributed by atoms with van der Waals surface area (Å²) in [6.45, 7) is 6.00. The molecule has 8 heteroatoms. The van der Waals surface area contributed by atoms with Crippen molar-refractivity contribution in [1.29, 1.82) is 0 Å². The van der Waals surface area contributed by atoms with Crippen LogP contribution in [0.2, 0.25) is 0 Å². The smallest absolute Gasteiger partial charge is 0.302 e. The number of ether oxygens (including phenoxy) is 1. The fourth-order valence-electron chi connectivity index (χ4n) is 2.55. The van der Waals surface area contributed by atoms with Crippen molar-refractivity contribution in [2.75, 3.05) is 26.2 Å². The zero-order valence-electron chi connectivity index (χ0n) is 10.3. The van der Waals surface area contributed by atoms with Gasteiger partial charge in [0, 0.05) is 31.6 Å². The van der Waals surface area contributed by atoms with Crippen LogP contribution in [-0.2, 0) is 9.53 Å². The molecule has 2 bridgehead atoms. The Kier molecular flexibility index (Phi) is 5.32. The van der Waals surface area contributed by atoms with E-state index in [1.54, 1.807) is 4.90 Å². The molecule has 0 saturated carbocycles. The molecule has 1 N–H and O–H groups in total. The van der Waals surface area contributed by atoms with Crippen LogP contribution >= 0.6 is 0 Å². The SMILES string of the molecule is CC(=O)OCC12CC[NH+](CC1)CC2.[O-][Cl+3]([O-])([O-])[O-]. The third-order valence-electron chi connectivity index (χ3n) is 3.61. The summed E-state index contributed by atoms with van der Waals surface area (Å²) in [7, 11) is -4.94. The van der Waals surface area contributed by atoms with Gasteiger partial charge in [0.2, 0.25) is 0 Å². The van der Waals surface area contributed by atoms with E-state index in [-0.39, 0.29) is 5.97 Å². The van der Waals surface area contributed by atoms with Crippen LogP contribution in [-0.4, -0.2) is 32.2 Å². The van der Waals surface area contributed by atoms with E-state index in [0.717, 1.165) is 0 Å². The monoisotopic (exact) mass is 283 g/mol. The average molecular weight is 284 g/mol. The van der Waals surface area contributed by atoms with Crippen LogP contribution < -0.4 is 23.5 Å². The molecule has 3 heterocycles. The molecule has 0 aromatic carbocycles. The van der Waals surface area contributed by atoms with E-state index in [4.69, 9.17) is 23.4 Å². The molecule has 106 valence electrons. The van der Waals surface area contributed by atoms with Crippen molar-refractivity contribution in [2.24, 2.45) is 5.41 Å². The molecule has 0 aliphatic carbocycles. The molecule has 3 fully saturated rings. The number of esters is 1. The highest BCUT2D eigenvalue weighted by atomic mass is 35.7. The highest BCUT2D eigenvalue weighted by Crippen LogP contribution is 2.34. The van der Waals surface area contributed by atoms with Gasteiger partial charge in [-0.1, -0.05) is 0 Å². The van der Waals surface area contributed by atoms with Gasteiger partial charge >= 0.3 is 5.97 Å². The Morgan fingerprint density at radius 2 is 1.56 bits per heavy atom. The molecular weight excluding hydrogens is 266 g/mol. The minimum Gasteiger partial charge on any atom is -0.465 e. The third-order valence-corrected chi connectivity index (χ3v) is 3.61. The predicted octanol–water partition coefficient (Wildman–Crippen LogP) is -5.14. The maximum atomic E-state index is 10.7. The lowest BCUT2D eigenvalue weighted by Gasteiger charge is -2.45. The number of fused-ring (bicyclic) bond motifs is 3. The second kappa shape index (κ2) is 6.14. The van der Waals surface area contributed by atoms with Crippen LogP contribution in [0.4, 0.5) is 0 Å². The summed E-state index contributed by atoms with van der Waals surface area (Å²) in [4.78, 5) is 12.5. The predicted molar refractivity (Wildman–Crippen MR) is 48.5 cm³/mol. The Hall–Kier alpha value is -0.440. The first-order valence-corrected chi connectivity index (χ1v) is 7.02. The summed E-state index contributed by atoms with van der Waals surface area (Å²) in [6.07, 6.45) is 3.74. The van der Waals surface area contributed by atoms with E-state index in [0.29, 0.717) is 12.0 Å². The van der Waals surface area contributed by atoms with Gasteiger partial charge in [-0.25, -0.2) is 18.6 Å². The summed E-state index contributed by atoms with van der Waals surface area (Å²) < 4.78 is 39.1. The van der Waals surface area contributed by atoms with Gasteiger partial charge in [0.1, 0.15) is 0 Å². The molecule has 18 heavy (non-hydrogen) atoms. The van der Waals surface area contributed by atoms with Crippen molar-refractivity contribution in [3.05, 3.63) is 0 Å². The number of quaternary nitrogens is 1. The summed E-state index contributed by atoms with van der Waals surface area (Å²) in [5, 5.41) is 0. The number of carbonyl (C=O) groups is 1. The van der Waals surface area contributed by atoms with E-state index < -0.39 is 10.2 Å². The zero-order valence-corrected chi connectivity index (χ0v) is 11.0. The lowest BCUT2D eigenvalue weighted by molar-refractivity contribution is -2.00. The molecule has 0 unspecified atom stereocenters. The minimum atomic E-state index is -4.94. The molecule has 0 amide bonds. The first-order valence-electron chi connectivity index (χ1n) is 5.79. The number of hydrogen-bond acceptors (Lipinski definition) is 6. The number of nitrogens with one attached hydrogen (secondary N) is 1. The highest BCUT2D eigenvalue weighted by Gasteiger charge is 2.42. The van der Waals surface area contributed by atoms with Gasteiger partial charge in [-0.15, -0.1) is 10.2 Å². The third kappa shape index (κ3) is 5.94. The average Bonchev–Trinajstić information content (AvgIpc) is 2.27. The van der Waals surface area contributed by atoms with Crippen molar-refractivity contribution >= 4 is 5.97 Å². The largest absolute Gasteiger partial charge is 0.465 e. The summed E-state index contributed by atoms with van der Waals surface area (Å²) >= 11 is 0. The zero-order chi connectivity index (χ0) is 13.8. The normalized spacial score (nSPS) is 30.4. The molecule has 0 atom stereocenters. The Morgan fingerprint density at radius 1 is 1.17 bits per heavy atom. The lowest BCUT2D eigenvalue weighted by atomic mass is 9.73. The van der Waals surface area contributed by atoms with Gasteiger partial charge in [-0.05, 0) is 0 Å². The van der Waals surface area contributed by atoms with Crippen LogP contribution in [0.15, 0.2) is 0 Å². The van der Waals surface area contributed by atoms with E-state index in [1.165, 1.54) is 45.8 Å². The maximum Gasteiger partial charge on any atom is 0.302 e. The Balaban J connectivity index is 0.000000280. The van der Waals surface area contributed by atoms with Gasteiger partial charge in [0.25, 0.3) is 0 Å². The Bertz CT molecular complexity index is 265. The molecule has 3 rings (SSSR count). The maximum absolute atomic E-state index is 10.7. The number of rotatable bonds is 2. The van der Waals surface area contributed by atoms with Gasteiger partial charge < -0.3 is 9.64 Å². The van der Waals surface area contributed by atoms with Crippen molar-refractivity contribution in [2.45, 2.75) is 26.2 Å². The van der Waals surface area contributed by atoms with Crippen molar-refractivity contribution in [1.82, 2.24) is 0 Å². The lowest BCUT2D eigenvalue weighted by Crippen LogP contribution is -3.15. The van der Waals surface area contributed by atoms with Crippen LogP contribution in [0.3, 0.4) is 0 Å². The van der Waals surface area contributed by atoms with Crippen molar-refractivity contribution < 1.29 is 43.3 Å². The van der Waals surface area contributed by atoms with Crippen LogP contribution in [0.25, 0.3) is 0 Å². The van der Waals surface area contributed by atoms with Gasteiger partial charge in [-0.2, -0.15) is 0 Å². The standard InChI is InChI=1S/C10H17NO2.ClHO4/c1-9(12)13-8-10-2-5-11(6-3-10)7-4-10;2-1(3,4)5/h2-8H2,1H3;(H,2,3,4,5). The molecule has 7 nitrogen and oxygen atoms in total. The molecule has 3 aliphatic rings. The van der Waals surface area contributed by atoms with E-state index in [2.05, 4.69) is 0 Å². The molecule has 0 radical (unpaired) electrons. The first-order chi connectivity index (χ1) is 8.20. The van der Waals surface area contributed by atoms with Crippen molar-refractivity contribution in [3.63, 3.8) is 0 Å². The molecule has 0 aromatic rings. The second-order valence-electron chi connectivity index (χ2n) is 4.91. The van der Waals surface area contributed by atoms with E-state index >= 15 is 0 Å². The summed E-state index contributed by atoms with van der Waals surface area (Å²) in [5.74, 6) is -0.130. The molecule has 0 aromatic heterocycles. The first kappa shape index (κ1) is 15.6. The fourth-order valence-corrected chi connectivity index (χ4v) is 2.55. The Labute approximate surface area is 108 Å². The number of halogens is 1. The number of carbonyl (C=O) groups excluding carboxylic acids is 1. The quantitative estimate of drug-likeness (QED) is 0.506. The molecule has 0 spiro atoms. The summed E-state index contributed by atoms with van der Waals surface area (Å²) in [5.41, 5.74) is 0.355. The van der Waals surface area contributed by atoms with Crippen LogP contribution in [0.5, 0.6) is 0 Å². The minimum absolute atomic E-state index is 0.130. The molecule has 3 saturated heterocycles. The van der Waals surface area contributed by atoms with Crippen molar-refractivity contribution in [3.8, 4) is 0 Å². The topological polar surface area (TPSA) is 123 Å². The molecule has 3 aliphatic heterocycles. The number of hydrogen-bond donors (Lipinski definition) is 1. The highest BCUT2D eigenvalue weighted by molar-refractivity contribution is 5.65. The fraction of sp³-hybridized carbons (Fsp3) is 0.900. The van der Waals surface area contributed by atoms with Gasteiger partial charge in [0.05, 0.1) is 26.2 Å². The van der Waals surface area contributed by atoms with Gasteiger partial charge in [-0.3, -0.25) is 4.79 Å².